The van der Waals surface area contributed by atoms with E-state index in [9.17, 15) is 4.79 Å². The molecule has 0 saturated carbocycles. The first-order valence-corrected chi connectivity index (χ1v) is 8.07. The molecule has 0 radical (unpaired) electrons. The zero-order valence-electron chi connectivity index (χ0n) is 13.8. The molecule has 0 aliphatic heterocycles. The molecule has 2 aromatic rings. The van der Waals surface area contributed by atoms with Gasteiger partial charge in [-0.1, -0.05) is 11.2 Å². The number of carbonyl (C=O) groups excluding carboxylic acids is 1. The molecule has 122 valence electrons. The monoisotopic (exact) mass is 314 g/mol. The zero-order valence-corrected chi connectivity index (χ0v) is 13.8. The Morgan fingerprint density at radius 1 is 1.26 bits per heavy atom. The number of nitrogens with one attached hydrogen (secondary N) is 1. The fourth-order valence-electron chi connectivity index (χ4n) is 2.75. The van der Waals surface area contributed by atoms with Gasteiger partial charge in [-0.25, -0.2) is 0 Å². The van der Waals surface area contributed by atoms with Crippen LogP contribution in [0.1, 0.15) is 42.1 Å². The summed E-state index contributed by atoms with van der Waals surface area (Å²) in [7, 11) is 0. The highest BCUT2D eigenvalue weighted by Gasteiger charge is 2.23. The van der Waals surface area contributed by atoms with Gasteiger partial charge in [0.2, 0.25) is 5.88 Å². The third-order valence-corrected chi connectivity index (χ3v) is 4.36. The Morgan fingerprint density at radius 3 is 2.83 bits per heavy atom. The first-order valence-electron chi connectivity index (χ1n) is 8.07. The van der Waals surface area contributed by atoms with Gasteiger partial charge in [-0.2, -0.15) is 0 Å². The number of anilines is 1. The van der Waals surface area contributed by atoms with Gasteiger partial charge in [0.1, 0.15) is 5.75 Å². The second-order valence-electron chi connectivity index (χ2n) is 6.14. The summed E-state index contributed by atoms with van der Waals surface area (Å²) < 4.78 is 11.0. The molecule has 0 fully saturated rings. The molecular formula is C18H22N2O3. The van der Waals surface area contributed by atoms with Crippen molar-refractivity contribution >= 4 is 11.8 Å². The predicted molar refractivity (Wildman–Crippen MR) is 87.8 cm³/mol. The molecule has 1 aliphatic rings. The van der Waals surface area contributed by atoms with E-state index in [4.69, 9.17) is 9.26 Å². The summed E-state index contributed by atoms with van der Waals surface area (Å²) in [5.74, 6) is 0.934. The number of benzene rings is 1. The Bertz CT molecular complexity index is 721. The van der Waals surface area contributed by atoms with Crippen molar-refractivity contribution in [2.75, 3.05) is 5.32 Å². The highest BCUT2D eigenvalue weighted by molar-refractivity contribution is 5.93. The lowest BCUT2D eigenvalue weighted by molar-refractivity contribution is -0.122. The lowest BCUT2D eigenvalue weighted by Gasteiger charge is -2.15. The van der Waals surface area contributed by atoms with Crippen molar-refractivity contribution in [3.8, 4) is 5.75 Å². The second-order valence-corrected chi connectivity index (χ2v) is 6.14. The number of hydrogen-bond donors (Lipinski definition) is 1. The predicted octanol–water partition coefficient (Wildman–Crippen LogP) is 3.58. The van der Waals surface area contributed by atoms with Crippen LogP contribution in [0.5, 0.6) is 5.75 Å². The van der Waals surface area contributed by atoms with Crippen LogP contribution < -0.4 is 10.1 Å². The summed E-state index contributed by atoms with van der Waals surface area (Å²) in [6.07, 6.45) is 3.44. The summed E-state index contributed by atoms with van der Waals surface area (Å²) in [5, 5.41) is 6.85. The van der Waals surface area contributed by atoms with Crippen molar-refractivity contribution in [1.82, 2.24) is 5.16 Å². The van der Waals surface area contributed by atoms with Crippen molar-refractivity contribution in [2.45, 2.75) is 52.6 Å². The van der Waals surface area contributed by atoms with Crippen LogP contribution in [0.25, 0.3) is 0 Å². The molecule has 3 rings (SSSR count). The lowest BCUT2D eigenvalue weighted by Crippen LogP contribution is -2.30. The van der Waals surface area contributed by atoms with E-state index < -0.39 is 6.10 Å². The van der Waals surface area contributed by atoms with Gasteiger partial charge in [-0.15, -0.1) is 0 Å². The van der Waals surface area contributed by atoms with Crippen LogP contribution in [-0.4, -0.2) is 17.2 Å². The largest absolute Gasteiger partial charge is 0.481 e. The molecule has 23 heavy (non-hydrogen) atoms. The molecule has 1 aromatic heterocycles. The summed E-state index contributed by atoms with van der Waals surface area (Å²) in [6, 6.07) is 5.81. The lowest BCUT2D eigenvalue weighted by atomic mass is 9.98. The van der Waals surface area contributed by atoms with Gasteiger partial charge in [0.05, 0.1) is 5.69 Å². The number of amides is 1. The molecule has 5 heteroatoms. The fraction of sp³-hybridized carbons (Fsp3) is 0.444. The Kier molecular flexibility index (Phi) is 4.37. The van der Waals surface area contributed by atoms with Gasteiger partial charge in [-0.3, -0.25) is 10.1 Å². The third kappa shape index (κ3) is 3.38. The van der Waals surface area contributed by atoms with Crippen LogP contribution >= 0.6 is 0 Å². The van der Waals surface area contributed by atoms with Crippen molar-refractivity contribution in [3.05, 3.63) is 40.6 Å². The number of aryl methyl sites for hydroxylation is 3. The van der Waals surface area contributed by atoms with Gasteiger partial charge in [0.25, 0.3) is 5.91 Å². The molecule has 1 aliphatic carbocycles. The molecule has 1 heterocycles. The molecule has 1 amide bonds. The number of fused-ring (bicyclic) bond motifs is 1. The van der Waals surface area contributed by atoms with E-state index in [0.29, 0.717) is 11.6 Å². The van der Waals surface area contributed by atoms with E-state index in [2.05, 4.69) is 10.5 Å². The Labute approximate surface area is 136 Å². The van der Waals surface area contributed by atoms with Gasteiger partial charge in [0, 0.05) is 5.56 Å². The normalized spacial score (nSPS) is 14.9. The van der Waals surface area contributed by atoms with Crippen molar-refractivity contribution in [2.24, 2.45) is 0 Å². The van der Waals surface area contributed by atoms with E-state index in [1.54, 1.807) is 6.92 Å². The first-order chi connectivity index (χ1) is 11.0. The quantitative estimate of drug-likeness (QED) is 0.937. The van der Waals surface area contributed by atoms with E-state index in [1.807, 2.05) is 32.0 Å². The number of aromatic nitrogens is 1. The minimum absolute atomic E-state index is 0.229. The fourth-order valence-corrected chi connectivity index (χ4v) is 2.75. The smallest absolute Gasteiger partial charge is 0.267 e. The average Bonchev–Trinajstić information content (AvgIpc) is 2.94. The van der Waals surface area contributed by atoms with Gasteiger partial charge < -0.3 is 9.26 Å². The molecular weight excluding hydrogens is 292 g/mol. The van der Waals surface area contributed by atoms with Gasteiger partial charge in [-0.05, 0) is 69.7 Å². The van der Waals surface area contributed by atoms with Gasteiger partial charge in [0.15, 0.2) is 6.10 Å². The van der Waals surface area contributed by atoms with Crippen molar-refractivity contribution in [1.29, 1.82) is 0 Å². The summed E-state index contributed by atoms with van der Waals surface area (Å²) in [6.45, 7) is 5.80. The van der Waals surface area contributed by atoms with Crippen molar-refractivity contribution in [3.63, 3.8) is 0 Å². The number of rotatable bonds is 4. The topological polar surface area (TPSA) is 64.4 Å². The van der Waals surface area contributed by atoms with E-state index in [0.717, 1.165) is 42.5 Å². The first kappa shape index (κ1) is 15.6. The second kappa shape index (κ2) is 6.44. The SMILES string of the molecule is Cc1ccc(O[C@H](C)C(=O)Nc2onc3c2CCCC3)cc1C. The van der Waals surface area contributed by atoms with E-state index >= 15 is 0 Å². The van der Waals surface area contributed by atoms with Crippen LogP contribution in [0.15, 0.2) is 22.7 Å². The van der Waals surface area contributed by atoms with Crippen LogP contribution in [-0.2, 0) is 17.6 Å². The Balaban J connectivity index is 1.65. The molecule has 0 unspecified atom stereocenters. The minimum atomic E-state index is -0.610. The Morgan fingerprint density at radius 2 is 2.04 bits per heavy atom. The number of hydrogen-bond acceptors (Lipinski definition) is 4. The summed E-state index contributed by atoms with van der Waals surface area (Å²) in [5.41, 5.74) is 4.33. The maximum Gasteiger partial charge on any atom is 0.267 e. The molecule has 0 spiro atoms. The number of nitrogens with zero attached hydrogens (tertiary/aromatic N) is 1. The maximum absolute atomic E-state index is 12.3. The van der Waals surface area contributed by atoms with Crippen LogP contribution in [0.2, 0.25) is 0 Å². The minimum Gasteiger partial charge on any atom is -0.481 e. The van der Waals surface area contributed by atoms with Crippen LogP contribution in [0.3, 0.4) is 0 Å². The molecule has 1 aromatic carbocycles. The van der Waals surface area contributed by atoms with Crippen LogP contribution in [0, 0.1) is 13.8 Å². The standard InChI is InChI=1S/C18H22N2O3/c1-11-8-9-14(10-12(11)2)22-13(3)17(21)19-18-15-6-4-5-7-16(15)20-23-18/h8-10,13H,4-7H2,1-3H3,(H,19,21)/t13-/m1/s1. The van der Waals surface area contributed by atoms with Crippen molar-refractivity contribution < 1.29 is 14.1 Å². The highest BCUT2D eigenvalue weighted by Crippen LogP contribution is 2.27. The molecule has 0 saturated heterocycles. The maximum atomic E-state index is 12.3. The van der Waals surface area contributed by atoms with Gasteiger partial charge >= 0.3 is 0 Å². The highest BCUT2D eigenvalue weighted by atomic mass is 16.5. The Hall–Kier alpha value is -2.30. The number of ether oxygens (including phenoxy) is 1. The summed E-state index contributed by atoms with van der Waals surface area (Å²) in [4.78, 5) is 12.3. The molecule has 1 N–H and O–H groups in total. The molecule has 0 bridgehead atoms. The summed E-state index contributed by atoms with van der Waals surface area (Å²) >= 11 is 0. The average molecular weight is 314 g/mol. The van der Waals surface area contributed by atoms with E-state index in [-0.39, 0.29) is 5.91 Å². The zero-order chi connectivity index (χ0) is 16.4. The number of carbonyl (C=O) groups is 1. The molecule has 1 atom stereocenters. The third-order valence-electron chi connectivity index (χ3n) is 4.36. The van der Waals surface area contributed by atoms with Crippen LogP contribution in [0.4, 0.5) is 5.88 Å². The molecule has 5 nitrogen and oxygen atoms in total. The van der Waals surface area contributed by atoms with E-state index in [1.165, 1.54) is 5.56 Å².